The van der Waals surface area contributed by atoms with Crippen LogP contribution in [0.1, 0.15) is 18.1 Å². The summed E-state index contributed by atoms with van der Waals surface area (Å²) in [4.78, 5) is 12.4. The zero-order valence-corrected chi connectivity index (χ0v) is 16.3. The number of carbonyl (C=O) groups excluding carboxylic acids is 1. The molecule has 0 aliphatic rings. The standard InChI is InChI=1S/C19H24N2O4S/c1-5-21(26(23,24)18-10-8-17(25-4)9-11-18)13-19(22)20-16-7-6-14(2)15(3)12-16/h6-12H,5,13H2,1-4H3,(H,20,22). The second kappa shape index (κ2) is 8.33. The highest BCUT2D eigenvalue weighted by molar-refractivity contribution is 7.89. The Bertz CT molecular complexity index is 877. The molecule has 2 aromatic carbocycles. The topological polar surface area (TPSA) is 75.7 Å². The lowest BCUT2D eigenvalue weighted by atomic mass is 10.1. The first-order valence-corrected chi connectivity index (χ1v) is 9.73. The first-order valence-electron chi connectivity index (χ1n) is 8.29. The fourth-order valence-corrected chi connectivity index (χ4v) is 3.85. The van der Waals surface area contributed by atoms with Crippen molar-refractivity contribution in [3.63, 3.8) is 0 Å². The number of nitrogens with zero attached hydrogens (tertiary/aromatic N) is 1. The molecule has 0 spiro atoms. The summed E-state index contributed by atoms with van der Waals surface area (Å²) in [6, 6.07) is 11.7. The number of amides is 1. The molecule has 0 unspecified atom stereocenters. The molecule has 7 heteroatoms. The highest BCUT2D eigenvalue weighted by Crippen LogP contribution is 2.20. The second-order valence-corrected chi connectivity index (χ2v) is 7.89. The average Bonchev–Trinajstić information content (AvgIpc) is 2.62. The Morgan fingerprint density at radius 3 is 2.27 bits per heavy atom. The van der Waals surface area contributed by atoms with Crippen molar-refractivity contribution < 1.29 is 17.9 Å². The molecule has 0 saturated carbocycles. The lowest BCUT2D eigenvalue weighted by Crippen LogP contribution is -2.37. The van der Waals surface area contributed by atoms with E-state index in [0.29, 0.717) is 11.4 Å². The van der Waals surface area contributed by atoms with Crippen molar-refractivity contribution in [1.82, 2.24) is 4.31 Å². The number of benzene rings is 2. The van der Waals surface area contributed by atoms with Gasteiger partial charge in [-0.05, 0) is 61.4 Å². The Morgan fingerprint density at radius 1 is 1.08 bits per heavy atom. The van der Waals surface area contributed by atoms with Gasteiger partial charge < -0.3 is 10.1 Å². The van der Waals surface area contributed by atoms with E-state index in [1.807, 2.05) is 26.0 Å². The Kier molecular flexibility index (Phi) is 6.39. The summed E-state index contributed by atoms with van der Waals surface area (Å²) in [7, 11) is -2.25. The van der Waals surface area contributed by atoms with Gasteiger partial charge in [0.15, 0.2) is 0 Å². The maximum atomic E-state index is 12.8. The molecular formula is C19H24N2O4S. The van der Waals surface area contributed by atoms with Crippen molar-refractivity contribution in [3.05, 3.63) is 53.6 Å². The largest absolute Gasteiger partial charge is 0.497 e. The predicted octanol–water partition coefficient (Wildman–Crippen LogP) is 2.96. The van der Waals surface area contributed by atoms with Crippen molar-refractivity contribution in [2.45, 2.75) is 25.7 Å². The number of aryl methyl sites for hydroxylation is 2. The highest BCUT2D eigenvalue weighted by Gasteiger charge is 2.25. The molecule has 0 radical (unpaired) electrons. The monoisotopic (exact) mass is 376 g/mol. The summed E-state index contributed by atoms with van der Waals surface area (Å²) >= 11 is 0. The van der Waals surface area contributed by atoms with E-state index in [2.05, 4.69) is 5.32 Å². The van der Waals surface area contributed by atoms with Crippen molar-refractivity contribution in [3.8, 4) is 5.75 Å². The average molecular weight is 376 g/mol. The predicted molar refractivity (Wildman–Crippen MR) is 102 cm³/mol. The van der Waals surface area contributed by atoms with Gasteiger partial charge in [-0.2, -0.15) is 4.31 Å². The quantitative estimate of drug-likeness (QED) is 0.806. The van der Waals surface area contributed by atoms with Crippen LogP contribution in [0.3, 0.4) is 0 Å². The molecule has 6 nitrogen and oxygen atoms in total. The molecule has 0 aliphatic heterocycles. The number of sulfonamides is 1. The van der Waals surface area contributed by atoms with Gasteiger partial charge >= 0.3 is 0 Å². The first kappa shape index (κ1) is 19.9. The van der Waals surface area contributed by atoms with E-state index in [1.165, 1.54) is 19.2 Å². The molecule has 0 aliphatic carbocycles. The molecular weight excluding hydrogens is 352 g/mol. The third-order valence-electron chi connectivity index (χ3n) is 4.16. The van der Waals surface area contributed by atoms with Crippen LogP contribution in [0.25, 0.3) is 0 Å². The van der Waals surface area contributed by atoms with Crippen LogP contribution in [-0.4, -0.2) is 38.8 Å². The van der Waals surface area contributed by atoms with E-state index < -0.39 is 10.0 Å². The van der Waals surface area contributed by atoms with Crippen molar-refractivity contribution in [1.29, 1.82) is 0 Å². The lowest BCUT2D eigenvalue weighted by molar-refractivity contribution is -0.116. The number of anilines is 1. The Morgan fingerprint density at radius 2 is 1.73 bits per heavy atom. The van der Waals surface area contributed by atoms with Crippen LogP contribution in [0.15, 0.2) is 47.4 Å². The highest BCUT2D eigenvalue weighted by atomic mass is 32.2. The normalized spacial score (nSPS) is 11.4. The van der Waals surface area contributed by atoms with E-state index >= 15 is 0 Å². The Balaban J connectivity index is 2.13. The fourth-order valence-electron chi connectivity index (χ4n) is 2.44. The molecule has 0 fully saturated rings. The van der Waals surface area contributed by atoms with E-state index in [9.17, 15) is 13.2 Å². The number of carbonyl (C=O) groups is 1. The van der Waals surface area contributed by atoms with Gasteiger partial charge in [0, 0.05) is 12.2 Å². The van der Waals surface area contributed by atoms with Crippen molar-refractivity contribution in [2.24, 2.45) is 0 Å². The SMILES string of the molecule is CCN(CC(=O)Nc1ccc(C)c(C)c1)S(=O)(=O)c1ccc(OC)cc1. The minimum atomic E-state index is -3.76. The van der Waals surface area contributed by atoms with Gasteiger partial charge in [0.25, 0.3) is 0 Å². The second-order valence-electron chi connectivity index (χ2n) is 5.95. The van der Waals surface area contributed by atoms with Crippen LogP contribution < -0.4 is 10.1 Å². The molecule has 2 rings (SSSR count). The van der Waals surface area contributed by atoms with Crippen LogP contribution >= 0.6 is 0 Å². The van der Waals surface area contributed by atoms with Gasteiger partial charge in [-0.25, -0.2) is 8.42 Å². The third-order valence-corrected chi connectivity index (χ3v) is 6.10. The summed E-state index contributed by atoms with van der Waals surface area (Å²) in [5.74, 6) is 0.187. The molecule has 0 bridgehead atoms. The number of hydrogen-bond acceptors (Lipinski definition) is 4. The van der Waals surface area contributed by atoms with Crippen molar-refractivity contribution >= 4 is 21.6 Å². The molecule has 26 heavy (non-hydrogen) atoms. The Hall–Kier alpha value is -2.38. The van der Waals surface area contributed by atoms with E-state index in [-0.39, 0.29) is 23.9 Å². The summed E-state index contributed by atoms with van der Waals surface area (Å²) < 4.78 is 31.7. The van der Waals surface area contributed by atoms with Crippen molar-refractivity contribution in [2.75, 3.05) is 25.5 Å². The molecule has 140 valence electrons. The number of hydrogen-bond donors (Lipinski definition) is 1. The van der Waals surface area contributed by atoms with Gasteiger partial charge in [0.1, 0.15) is 5.75 Å². The van der Waals surface area contributed by atoms with Gasteiger partial charge in [0.05, 0.1) is 18.6 Å². The maximum Gasteiger partial charge on any atom is 0.243 e. The van der Waals surface area contributed by atoms with Gasteiger partial charge in [-0.3, -0.25) is 4.79 Å². The molecule has 1 amide bonds. The summed E-state index contributed by atoms with van der Waals surface area (Å²) in [6.07, 6.45) is 0. The van der Waals surface area contributed by atoms with Gasteiger partial charge in [-0.1, -0.05) is 13.0 Å². The van der Waals surface area contributed by atoms with E-state index in [1.54, 1.807) is 25.1 Å². The first-order chi connectivity index (χ1) is 12.3. The van der Waals surface area contributed by atoms with Crippen LogP contribution in [-0.2, 0) is 14.8 Å². The smallest absolute Gasteiger partial charge is 0.243 e. The Labute approximate surface area is 154 Å². The summed E-state index contributed by atoms with van der Waals surface area (Å²) in [5, 5.41) is 2.75. The van der Waals surface area contributed by atoms with Crippen LogP contribution in [0.5, 0.6) is 5.75 Å². The van der Waals surface area contributed by atoms with E-state index in [4.69, 9.17) is 4.74 Å². The molecule has 0 saturated heterocycles. The summed E-state index contributed by atoms with van der Waals surface area (Å²) in [6.45, 7) is 5.58. The summed E-state index contributed by atoms with van der Waals surface area (Å²) in [5.41, 5.74) is 2.83. The van der Waals surface area contributed by atoms with Crippen LogP contribution in [0.2, 0.25) is 0 Å². The molecule has 1 N–H and O–H groups in total. The number of nitrogens with one attached hydrogen (secondary N) is 1. The number of likely N-dealkylation sites (N-methyl/N-ethyl adjacent to an activating group) is 1. The maximum absolute atomic E-state index is 12.8. The number of ether oxygens (including phenoxy) is 1. The molecule has 0 heterocycles. The van der Waals surface area contributed by atoms with Gasteiger partial charge in [0.2, 0.25) is 15.9 Å². The molecule has 0 aromatic heterocycles. The third kappa shape index (κ3) is 4.62. The van der Waals surface area contributed by atoms with E-state index in [0.717, 1.165) is 15.4 Å². The molecule has 0 atom stereocenters. The molecule has 2 aromatic rings. The zero-order valence-electron chi connectivity index (χ0n) is 15.4. The lowest BCUT2D eigenvalue weighted by Gasteiger charge is -2.20. The van der Waals surface area contributed by atoms with Crippen LogP contribution in [0.4, 0.5) is 5.69 Å². The minimum absolute atomic E-state index is 0.124. The minimum Gasteiger partial charge on any atom is -0.497 e. The number of methoxy groups -OCH3 is 1. The fraction of sp³-hybridized carbons (Fsp3) is 0.316. The zero-order chi connectivity index (χ0) is 19.3. The van der Waals surface area contributed by atoms with Gasteiger partial charge in [-0.15, -0.1) is 0 Å². The number of rotatable bonds is 7. The van der Waals surface area contributed by atoms with Crippen LogP contribution in [0, 0.1) is 13.8 Å².